The van der Waals surface area contributed by atoms with Gasteiger partial charge in [-0.2, -0.15) is 0 Å². The maximum absolute atomic E-state index is 13.8. The molecule has 0 aliphatic carbocycles. The summed E-state index contributed by atoms with van der Waals surface area (Å²) in [5, 5.41) is 17.2. The van der Waals surface area contributed by atoms with Gasteiger partial charge in [0.05, 0.1) is 11.5 Å². The van der Waals surface area contributed by atoms with E-state index >= 15 is 0 Å². The number of hydrogen-bond acceptors (Lipinski definition) is 5. The van der Waals surface area contributed by atoms with E-state index in [1.165, 1.54) is 18.2 Å². The number of nitro groups is 1. The van der Waals surface area contributed by atoms with E-state index in [4.69, 9.17) is 32.9 Å². The van der Waals surface area contributed by atoms with Crippen LogP contribution in [-0.2, 0) is 12.8 Å². The first-order chi connectivity index (χ1) is 21.2. The number of halogens is 3. The van der Waals surface area contributed by atoms with Crippen LogP contribution in [0.1, 0.15) is 23.7 Å². The van der Waals surface area contributed by atoms with Crippen molar-refractivity contribution < 1.29 is 14.1 Å². The third-order valence-corrected chi connectivity index (χ3v) is 8.37. The van der Waals surface area contributed by atoms with E-state index in [1.54, 1.807) is 18.2 Å². The quantitative estimate of drug-likeness (QED) is 0.0858. The van der Waals surface area contributed by atoms with Gasteiger partial charge in [-0.3, -0.25) is 15.1 Å². The monoisotopic (exact) mass is 640 g/mol. The number of aliphatic imine (C=N–C) groups is 1. The Balaban J connectivity index is 1.29. The van der Waals surface area contributed by atoms with Gasteiger partial charge in [0, 0.05) is 83.7 Å². The van der Waals surface area contributed by atoms with E-state index < -0.39 is 4.92 Å². The topological polar surface area (TPSA) is 99.0 Å². The molecule has 12 heteroatoms. The van der Waals surface area contributed by atoms with Crippen molar-refractivity contribution in [1.82, 2.24) is 15.2 Å². The Morgan fingerprint density at radius 1 is 1.09 bits per heavy atom. The van der Waals surface area contributed by atoms with Crippen LogP contribution in [0.25, 0.3) is 10.9 Å². The highest BCUT2D eigenvalue weighted by Gasteiger charge is 2.23. The zero-order valence-corrected chi connectivity index (χ0v) is 26.2. The van der Waals surface area contributed by atoms with E-state index in [-0.39, 0.29) is 17.3 Å². The number of aromatic nitrogens is 1. The summed E-state index contributed by atoms with van der Waals surface area (Å²) in [5.74, 6) is 0.812. The first kappa shape index (κ1) is 31.4. The molecule has 9 nitrogen and oxygen atoms in total. The fraction of sp³-hybridized carbons (Fsp3) is 0.344. The highest BCUT2D eigenvalue weighted by molar-refractivity contribution is 6.35. The molecule has 0 amide bonds. The number of nitrogens with one attached hydrogen (secondary N) is 2. The molecule has 0 saturated carbocycles. The third-order valence-electron chi connectivity index (χ3n) is 7.78. The molecule has 1 fully saturated rings. The summed E-state index contributed by atoms with van der Waals surface area (Å²) < 4.78 is 19.3. The number of nitrogens with zero attached hydrogens (tertiary/aromatic N) is 4. The van der Waals surface area contributed by atoms with E-state index in [2.05, 4.69) is 20.1 Å². The lowest BCUT2D eigenvalue weighted by molar-refractivity contribution is -0.385. The zero-order chi connectivity index (χ0) is 31.2. The minimum absolute atomic E-state index is 0.0378. The number of anilines is 1. The van der Waals surface area contributed by atoms with Gasteiger partial charge in [-0.25, -0.2) is 4.39 Å². The van der Waals surface area contributed by atoms with Gasteiger partial charge in [0.1, 0.15) is 5.82 Å². The molecule has 1 aliphatic heterocycles. The first-order valence-corrected chi connectivity index (χ1v) is 15.4. The average Bonchev–Trinajstić information content (AvgIpc) is 3.31. The van der Waals surface area contributed by atoms with Crippen molar-refractivity contribution in [2.75, 3.05) is 50.8 Å². The number of rotatable bonds is 10. The molecule has 0 unspecified atom stereocenters. The lowest BCUT2D eigenvalue weighted by Gasteiger charge is -2.38. The normalized spacial score (nSPS) is 13.9. The van der Waals surface area contributed by atoms with Gasteiger partial charge in [-0.15, -0.1) is 0 Å². The van der Waals surface area contributed by atoms with Crippen LogP contribution in [0.5, 0.6) is 5.75 Å². The minimum Gasteiger partial charge on any atom is -0.487 e. The second-order valence-corrected chi connectivity index (χ2v) is 11.4. The molecule has 2 N–H and O–H groups in total. The number of piperazine rings is 1. The van der Waals surface area contributed by atoms with Crippen molar-refractivity contribution >= 4 is 51.4 Å². The molecule has 0 radical (unpaired) electrons. The number of hydrogen-bond donors (Lipinski definition) is 2. The van der Waals surface area contributed by atoms with Gasteiger partial charge >= 0.3 is 5.69 Å². The highest BCUT2D eigenvalue weighted by Crippen LogP contribution is 2.32. The predicted molar refractivity (Wildman–Crippen MR) is 175 cm³/mol. The number of aryl methyl sites for hydroxylation is 1. The number of benzene rings is 3. The molecule has 2 heterocycles. The van der Waals surface area contributed by atoms with Gasteiger partial charge in [0.25, 0.3) is 0 Å². The highest BCUT2D eigenvalue weighted by atomic mass is 35.5. The van der Waals surface area contributed by atoms with Gasteiger partial charge < -0.3 is 24.8 Å². The lowest BCUT2D eigenvalue weighted by Crippen LogP contribution is -2.53. The second-order valence-electron chi connectivity index (χ2n) is 10.6. The molecular formula is C32H35Cl2FN6O3. The van der Waals surface area contributed by atoms with Crippen molar-refractivity contribution in [2.45, 2.75) is 26.7 Å². The Kier molecular flexibility index (Phi) is 10.1. The number of ether oxygens (including phenoxy) is 1. The second kappa shape index (κ2) is 14.2. The lowest BCUT2D eigenvalue weighted by atomic mass is 10.1. The molecule has 0 spiro atoms. The Bertz CT molecular complexity index is 1670. The standard InChI is InChI=1S/C32H35Cl2FN6O3/c1-3-44-31-20-25(7-9-30(31)41(42)43)39-14-16-40(17-15-39)32(36-12-10-22-4-5-23(33)18-28(22)34)37-13-11-26-21(2)38-29-19-24(35)6-8-27(26)29/h4-9,18-20,38H,3,10-17H2,1-2H3,(H,36,37). The van der Waals surface area contributed by atoms with Crippen LogP contribution in [0.2, 0.25) is 10.0 Å². The molecule has 0 atom stereocenters. The Labute approximate surface area is 265 Å². The molecule has 1 saturated heterocycles. The van der Waals surface area contributed by atoms with Crippen LogP contribution in [0.15, 0.2) is 59.6 Å². The minimum atomic E-state index is -0.422. The Morgan fingerprint density at radius 2 is 1.89 bits per heavy atom. The van der Waals surface area contributed by atoms with Crippen molar-refractivity contribution in [1.29, 1.82) is 0 Å². The van der Waals surface area contributed by atoms with Gasteiger partial charge in [-0.05, 0) is 74.2 Å². The smallest absolute Gasteiger partial charge is 0.311 e. The summed E-state index contributed by atoms with van der Waals surface area (Å²) in [6.45, 7) is 8.17. The van der Waals surface area contributed by atoms with Gasteiger partial charge in [0.15, 0.2) is 11.7 Å². The van der Waals surface area contributed by atoms with Crippen LogP contribution >= 0.6 is 23.2 Å². The van der Waals surface area contributed by atoms with E-state index in [0.29, 0.717) is 68.8 Å². The number of H-pyrrole nitrogens is 1. The number of guanidine groups is 1. The number of aromatic amines is 1. The SMILES string of the molecule is CCOc1cc(N2CCN(C(=NCCc3c(C)[nH]c4cc(F)ccc34)NCCc3ccc(Cl)cc3Cl)CC2)ccc1[N+](=O)[O-]. The van der Waals surface area contributed by atoms with E-state index in [9.17, 15) is 14.5 Å². The molecule has 1 aromatic heterocycles. The van der Waals surface area contributed by atoms with Crippen LogP contribution in [0.4, 0.5) is 15.8 Å². The fourth-order valence-electron chi connectivity index (χ4n) is 5.56. The van der Waals surface area contributed by atoms with Crippen LogP contribution < -0.4 is 15.0 Å². The summed E-state index contributed by atoms with van der Waals surface area (Å²) in [6.07, 6.45) is 1.40. The molecule has 4 aromatic rings. The van der Waals surface area contributed by atoms with Crippen LogP contribution in [0, 0.1) is 22.9 Å². The molecular weight excluding hydrogens is 606 g/mol. The Morgan fingerprint density at radius 3 is 2.61 bits per heavy atom. The molecule has 232 valence electrons. The Hall–Kier alpha value is -4.02. The summed E-state index contributed by atoms with van der Waals surface area (Å²) in [7, 11) is 0. The van der Waals surface area contributed by atoms with Gasteiger partial charge in [-0.1, -0.05) is 29.3 Å². The number of fused-ring (bicyclic) bond motifs is 1. The largest absolute Gasteiger partial charge is 0.487 e. The molecule has 5 rings (SSSR count). The van der Waals surface area contributed by atoms with Crippen molar-refractivity contribution in [3.8, 4) is 5.75 Å². The molecule has 44 heavy (non-hydrogen) atoms. The molecule has 1 aliphatic rings. The summed E-state index contributed by atoms with van der Waals surface area (Å²) in [6, 6.07) is 15.4. The maximum atomic E-state index is 13.8. The van der Waals surface area contributed by atoms with Crippen LogP contribution in [-0.4, -0.2) is 66.6 Å². The fourth-order valence-corrected chi connectivity index (χ4v) is 6.06. The van der Waals surface area contributed by atoms with Crippen molar-refractivity contribution in [2.24, 2.45) is 4.99 Å². The summed E-state index contributed by atoms with van der Waals surface area (Å²) in [5.41, 5.74) is 4.77. The third kappa shape index (κ3) is 7.36. The average molecular weight is 642 g/mol. The molecule has 3 aromatic carbocycles. The predicted octanol–water partition coefficient (Wildman–Crippen LogP) is 6.78. The van der Waals surface area contributed by atoms with Gasteiger partial charge in [0.2, 0.25) is 0 Å². The summed E-state index contributed by atoms with van der Waals surface area (Å²) >= 11 is 12.5. The maximum Gasteiger partial charge on any atom is 0.311 e. The van der Waals surface area contributed by atoms with Crippen LogP contribution in [0.3, 0.4) is 0 Å². The number of nitro benzene ring substituents is 1. The first-order valence-electron chi connectivity index (χ1n) is 14.6. The van der Waals surface area contributed by atoms with E-state index in [0.717, 1.165) is 39.4 Å². The summed E-state index contributed by atoms with van der Waals surface area (Å²) in [4.78, 5) is 23.7. The van der Waals surface area contributed by atoms with Crippen molar-refractivity contribution in [3.63, 3.8) is 0 Å². The zero-order valence-electron chi connectivity index (χ0n) is 24.7. The van der Waals surface area contributed by atoms with Crippen molar-refractivity contribution in [3.05, 3.63) is 97.4 Å². The molecule has 0 bridgehead atoms. The van der Waals surface area contributed by atoms with E-state index in [1.807, 2.05) is 32.0 Å².